The molecule has 0 aliphatic heterocycles. The Hall–Kier alpha value is -3.60. The van der Waals surface area contributed by atoms with Crippen LogP contribution in [0.5, 0.6) is 5.75 Å². The van der Waals surface area contributed by atoms with Crippen LogP contribution in [0.1, 0.15) is 34.8 Å². The molecule has 0 unspecified atom stereocenters. The smallest absolute Gasteiger partial charge is 0.265 e. The Labute approximate surface area is 176 Å². The van der Waals surface area contributed by atoms with Gasteiger partial charge in [-0.05, 0) is 73.7 Å². The zero-order chi connectivity index (χ0) is 20.9. The first-order valence-electron chi connectivity index (χ1n) is 10.1. The Morgan fingerprint density at radius 2 is 1.57 bits per heavy atom. The lowest BCUT2D eigenvalue weighted by molar-refractivity contribution is -0.122. The Morgan fingerprint density at radius 1 is 0.833 bits per heavy atom. The van der Waals surface area contributed by atoms with Crippen molar-refractivity contribution in [2.45, 2.75) is 32.3 Å². The molecule has 0 bridgehead atoms. The van der Waals surface area contributed by atoms with Crippen LogP contribution in [0.15, 0.2) is 72.8 Å². The molecule has 152 valence electrons. The number of nitrogens with one attached hydrogen (secondary N) is 2. The van der Waals surface area contributed by atoms with Gasteiger partial charge in [0.1, 0.15) is 5.75 Å². The van der Waals surface area contributed by atoms with Crippen LogP contribution < -0.4 is 15.4 Å². The molecule has 1 aliphatic rings. The molecule has 0 saturated carbocycles. The number of fused-ring (bicyclic) bond motifs is 1. The summed E-state index contributed by atoms with van der Waals surface area (Å²) < 4.78 is 5.86. The second-order valence-corrected chi connectivity index (χ2v) is 7.40. The number of para-hydroxylation sites is 2. The molecule has 30 heavy (non-hydrogen) atoms. The van der Waals surface area contributed by atoms with E-state index in [4.69, 9.17) is 4.74 Å². The molecule has 0 spiro atoms. The summed E-state index contributed by atoms with van der Waals surface area (Å²) >= 11 is 0. The first-order valence-corrected chi connectivity index (χ1v) is 10.1. The molecule has 0 fully saturated rings. The molecule has 3 aromatic carbocycles. The van der Waals surface area contributed by atoms with E-state index in [9.17, 15) is 9.59 Å². The van der Waals surface area contributed by atoms with Gasteiger partial charge in [-0.25, -0.2) is 0 Å². The number of rotatable bonds is 6. The van der Waals surface area contributed by atoms with E-state index in [1.165, 1.54) is 11.1 Å². The van der Waals surface area contributed by atoms with Crippen molar-refractivity contribution in [2.75, 3.05) is 10.6 Å². The van der Waals surface area contributed by atoms with Crippen molar-refractivity contribution in [3.8, 4) is 5.75 Å². The zero-order valence-electron chi connectivity index (χ0n) is 16.9. The second kappa shape index (κ2) is 8.82. The number of carbonyl (C=O) groups excluding carboxylic acids is 2. The number of carbonyl (C=O) groups is 2. The van der Waals surface area contributed by atoms with Gasteiger partial charge in [0.2, 0.25) is 0 Å². The van der Waals surface area contributed by atoms with Crippen LogP contribution in [-0.2, 0) is 17.6 Å². The number of hydrogen-bond donors (Lipinski definition) is 2. The van der Waals surface area contributed by atoms with E-state index in [-0.39, 0.29) is 11.8 Å². The van der Waals surface area contributed by atoms with Crippen LogP contribution in [0.4, 0.5) is 11.4 Å². The monoisotopic (exact) mass is 400 g/mol. The van der Waals surface area contributed by atoms with Gasteiger partial charge in [0.25, 0.3) is 11.8 Å². The summed E-state index contributed by atoms with van der Waals surface area (Å²) in [4.78, 5) is 25.3. The molecule has 1 aliphatic carbocycles. The molecule has 5 nitrogen and oxygen atoms in total. The van der Waals surface area contributed by atoms with Crippen molar-refractivity contribution in [3.05, 3.63) is 89.5 Å². The molecular formula is C25H24N2O3. The molecule has 0 aromatic heterocycles. The maximum absolute atomic E-state index is 12.7. The summed E-state index contributed by atoms with van der Waals surface area (Å²) in [5.74, 6) is -0.184. The van der Waals surface area contributed by atoms with Crippen LogP contribution in [0.2, 0.25) is 0 Å². The van der Waals surface area contributed by atoms with Gasteiger partial charge < -0.3 is 15.4 Å². The third kappa shape index (κ3) is 4.51. The molecule has 0 radical (unpaired) electrons. The topological polar surface area (TPSA) is 67.4 Å². The number of aryl methyl sites for hydroxylation is 2. The van der Waals surface area contributed by atoms with Gasteiger partial charge in [-0.1, -0.05) is 36.4 Å². The summed E-state index contributed by atoms with van der Waals surface area (Å²) in [5, 5.41) is 5.76. The van der Waals surface area contributed by atoms with Crippen LogP contribution >= 0.6 is 0 Å². The van der Waals surface area contributed by atoms with Gasteiger partial charge in [-0.3, -0.25) is 9.59 Å². The average Bonchev–Trinajstić information content (AvgIpc) is 3.22. The van der Waals surface area contributed by atoms with Crippen molar-refractivity contribution < 1.29 is 14.3 Å². The number of amides is 2. The largest absolute Gasteiger partial charge is 0.480 e. The highest BCUT2D eigenvalue weighted by Crippen LogP contribution is 2.25. The normalized spacial score (nSPS) is 13.2. The molecule has 3 aromatic rings. The number of hydrogen-bond acceptors (Lipinski definition) is 3. The number of ether oxygens (including phenoxy) is 1. The van der Waals surface area contributed by atoms with Crippen LogP contribution in [0.25, 0.3) is 0 Å². The summed E-state index contributed by atoms with van der Waals surface area (Å²) in [6.45, 7) is 1.68. The van der Waals surface area contributed by atoms with Crippen LogP contribution in [0, 0.1) is 0 Å². The molecule has 0 saturated heterocycles. The number of anilines is 2. The van der Waals surface area contributed by atoms with Crippen molar-refractivity contribution in [1.29, 1.82) is 0 Å². The van der Waals surface area contributed by atoms with Gasteiger partial charge in [-0.15, -0.1) is 0 Å². The predicted molar refractivity (Wildman–Crippen MR) is 118 cm³/mol. The lowest BCUT2D eigenvalue weighted by Gasteiger charge is -2.17. The molecule has 1 atom stereocenters. The lowest BCUT2D eigenvalue weighted by atomic mass is 10.1. The minimum Gasteiger partial charge on any atom is -0.480 e. The van der Waals surface area contributed by atoms with Crippen LogP contribution in [0.3, 0.4) is 0 Å². The molecule has 5 heteroatoms. The Morgan fingerprint density at radius 3 is 2.40 bits per heavy atom. The summed E-state index contributed by atoms with van der Waals surface area (Å²) in [6.07, 6.45) is 2.55. The van der Waals surface area contributed by atoms with E-state index < -0.39 is 6.10 Å². The van der Waals surface area contributed by atoms with Gasteiger partial charge >= 0.3 is 0 Å². The zero-order valence-corrected chi connectivity index (χ0v) is 16.9. The highest BCUT2D eigenvalue weighted by atomic mass is 16.5. The summed E-state index contributed by atoms with van der Waals surface area (Å²) in [6, 6.07) is 22.2. The number of benzene rings is 3. The van der Waals surface area contributed by atoms with E-state index in [0.717, 1.165) is 24.9 Å². The molecule has 4 rings (SSSR count). The van der Waals surface area contributed by atoms with Crippen molar-refractivity contribution >= 4 is 23.2 Å². The van der Waals surface area contributed by atoms with Gasteiger partial charge in [0.15, 0.2) is 6.10 Å². The fourth-order valence-electron chi connectivity index (χ4n) is 3.61. The highest BCUT2D eigenvalue weighted by molar-refractivity contribution is 6.06. The Balaban J connectivity index is 1.43. The minimum absolute atomic E-state index is 0.258. The van der Waals surface area contributed by atoms with Crippen LogP contribution in [-0.4, -0.2) is 17.9 Å². The van der Waals surface area contributed by atoms with E-state index >= 15 is 0 Å². The molecule has 2 N–H and O–H groups in total. The van der Waals surface area contributed by atoms with Crippen molar-refractivity contribution in [2.24, 2.45) is 0 Å². The second-order valence-electron chi connectivity index (χ2n) is 7.40. The average molecular weight is 400 g/mol. The van der Waals surface area contributed by atoms with Crippen molar-refractivity contribution in [3.63, 3.8) is 0 Å². The van der Waals surface area contributed by atoms with E-state index in [1.54, 1.807) is 31.2 Å². The lowest BCUT2D eigenvalue weighted by Crippen LogP contribution is -2.31. The minimum atomic E-state index is -0.760. The Bertz CT molecular complexity index is 1060. The molecular weight excluding hydrogens is 376 g/mol. The molecule has 2 amide bonds. The standard InChI is InChI=1S/C25H24N2O3/c1-17(24(28)27-21-15-14-18-8-7-9-19(18)16-21)30-23-13-6-5-12-22(23)25(29)26-20-10-3-2-4-11-20/h2-6,10-17H,7-9H2,1H3,(H,26,29)(H,27,28)/t17-/m0/s1. The summed E-state index contributed by atoms with van der Waals surface area (Å²) in [5.41, 5.74) is 4.49. The fraction of sp³-hybridized carbons (Fsp3) is 0.200. The first kappa shape index (κ1) is 19.7. The third-order valence-corrected chi connectivity index (χ3v) is 5.20. The van der Waals surface area contributed by atoms with Crippen molar-refractivity contribution in [1.82, 2.24) is 0 Å². The maximum atomic E-state index is 12.7. The summed E-state index contributed by atoms with van der Waals surface area (Å²) in [7, 11) is 0. The Kier molecular flexibility index (Phi) is 5.80. The third-order valence-electron chi connectivity index (χ3n) is 5.20. The van der Waals surface area contributed by atoms with Gasteiger partial charge in [-0.2, -0.15) is 0 Å². The van der Waals surface area contributed by atoms with Gasteiger partial charge in [0, 0.05) is 11.4 Å². The van der Waals surface area contributed by atoms with E-state index in [2.05, 4.69) is 16.7 Å². The SMILES string of the molecule is C[C@H](Oc1ccccc1C(=O)Nc1ccccc1)C(=O)Nc1ccc2c(c1)CCC2. The first-order chi connectivity index (χ1) is 14.6. The maximum Gasteiger partial charge on any atom is 0.265 e. The highest BCUT2D eigenvalue weighted by Gasteiger charge is 2.20. The fourth-order valence-corrected chi connectivity index (χ4v) is 3.61. The van der Waals surface area contributed by atoms with E-state index in [0.29, 0.717) is 17.0 Å². The predicted octanol–water partition coefficient (Wildman–Crippen LogP) is 4.83. The van der Waals surface area contributed by atoms with Gasteiger partial charge in [0.05, 0.1) is 5.56 Å². The van der Waals surface area contributed by atoms with E-state index in [1.807, 2.05) is 42.5 Å². The quantitative estimate of drug-likeness (QED) is 0.623. The molecule has 0 heterocycles.